The molecule has 0 N–H and O–H groups in total. The highest BCUT2D eigenvalue weighted by Crippen LogP contribution is 2.24. The topological polar surface area (TPSA) is 101 Å². The number of rotatable bonds is 5. The molecule has 0 spiro atoms. The molecule has 0 aromatic heterocycles. The Balaban J connectivity index is 1.99. The van der Waals surface area contributed by atoms with Gasteiger partial charge in [0.25, 0.3) is 15.7 Å². The number of sulfonamides is 1. The number of likely N-dealkylation sites (tertiary alicyclic amines) is 1. The molecule has 0 unspecified atom stereocenters. The fourth-order valence-electron chi connectivity index (χ4n) is 3.09. The Morgan fingerprint density at radius 2 is 1.79 bits per heavy atom. The first-order valence-corrected chi connectivity index (χ1v) is 10.3. The summed E-state index contributed by atoms with van der Waals surface area (Å²) >= 11 is 0. The summed E-state index contributed by atoms with van der Waals surface area (Å²) < 4.78 is 27.2. The van der Waals surface area contributed by atoms with Crippen LogP contribution in [0, 0.1) is 17.0 Å². The standard InChI is InChI=1S/C19H21N3O5S/c1-15-7-9-18(10-8-15)28(26,27)21(19(23)20-11-2-3-12-20)14-16-5-4-6-17(13-16)22(24)25/h4-10,13H,2-3,11-12,14H2,1H3. The lowest BCUT2D eigenvalue weighted by molar-refractivity contribution is -0.384. The van der Waals surface area contributed by atoms with Crippen LogP contribution in [-0.2, 0) is 16.6 Å². The molecular formula is C19H21N3O5S. The lowest BCUT2D eigenvalue weighted by Crippen LogP contribution is -2.44. The van der Waals surface area contributed by atoms with Crippen LogP contribution in [0.25, 0.3) is 0 Å². The Labute approximate surface area is 163 Å². The van der Waals surface area contributed by atoms with E-state index < -0.39 is 21.0 Å². The quantitative estimate of drug-likeness (QED) is 0.563. The Bertz CT molecular complexity index is 983. The van der Waals surface area contributed by atoms with Gasteiger partial charge in [0.2, 0.25) is 0 Å². The van der Waals surface area contributed by atoms with Gasteiger partial charge in [0.05, 0.1) is 16.4 Å². The predicted octanol–water partition coefficient (Wildman–Crippen LogP) is 3.31. The minimum Gasteiger partial charge on any atom is -0.324 e. The summed E-state index contributed by atoms with van der Waals surface area (Å²) in [5.41, 5.74) is 1.12. The minimum absolute atomic E-state index is 0.0103. The summed E-state index contributed by atoms with van der Waals surface area (Å²) in [4.78, 5) is 25.0. The molecule has 2 aromatic rings. The van der Waals surface area contributed by atoms with Crippen LogP contribution in [0.4, 0.5) is 10.5 Å². The molecule has 2 aromatic carbocycles. The number of amides is 2. The van der Waals surface area contributed by atoms with Crippen molar-refractivity contribution in [3.05, 3.63) is 69.8 Å². The van der Waals surface area contributed by atoms with Crippen LogP contribution in [0.1, 0.15) is 24.0 Å². The van der Waals surface area contributed by atoms with E-state index in [9.17, 15) is 23.3 Å². The summed E-state index contributed by atoms with van der Waals surface area (Å²) in [6, 6.07) is 11.3. The highest BCUT2D eigenvalue weighted by molar-refractivity contribution is 7.89. The lowest BCUT2D eigenvalue weighted by Gasteiger charge is -2.27. The van der Waals surface area contributed by atoms with Gasteiger partial charge in [0.1, 0.15) is 0 Å². The second kappa shape index (κ2) is 7.97. The van der Waals surface area contributed by atoms with Crippen LogP contribution in [0.15, 0.2) is 53.4 Å². The van der Waals surface area contributed by atoms with Crippen molar-refractivity contribution in [1.29, 1.82) is 0 Å². The maximum Gasteiger partial charge on any atom is 0.334 e. The van der Waals surface area contributed by atoms with E-state index in [4.69, 9.17) is 0 Å². The molecular weight excluding hydrogens is 382 g/mol. The van der Waals surface area contributed by atoms with Crippen molar-refractivity contribution in [3.63, 3.8) is 0 Å². The van der Waals surface area contributed by atoms with E-state index in [1.54, 1.807) is 18.2 Å². The van der Waals surface area contributed by atoms with E-state index in [0.717, 1.165) is 22.7 Å². The fraction of sp³-hybridized carbons (Fsp3) is 0.316. The van der Waals surface area contributed by atoms with Crippen molar-refractivity contribution in [3.8, 4) is 0 Å². The number of hydrogen-bond acceptors (Lipinski definition) is 5. The molecule has 2 amide bonds. The maximum absolute atomic E-state index is 13.2. The fourth-order valence-corrected chi connectivity index (χ4v) is 4.47. The smallest absolute Gasteiger partial charge is 0.324 e. The van der Waals surface area contributed by atoms with Crippen LogP contribution in [0.2, 0.25) is 0 Å². The molecule has 3 rings (SSSR count). The minimum atomic E-state index is -4.11. The molecule has 1 heterocycles. The number of nitrogens with zero attached hydrogens (tertiary/aromatic N) is 3. The van der Waals surface area contributed by atoms with E-state index in [2.05, 4.69) is 0 Å². The first-order chi connectivity index (χ1) is 13.3. The van der Waals surface area contributed by atoms with Gasteiger partial charge in [-0.3, -0.25) is 10.1 Å². The Kier molecular flexibility index (Phi) is 5.64. The number of urea groups is 1. The van der Waals surface area contributed by atoms with Gasteiger partial charge in [-0.05, 0) is 37.5 Å². The van der Waals surface area contributed by atoms with Gasteiger partial charge in [-0.25, -0.2) is 17.5 Å². The number of nitro groups is 1. The first kappa shape index (κ1) is 19.8. The SMILES string of the molecule is Cc1ccc(S(=O)(=O)N(Cc2cccc([N+](=O)[O-])c2)C(=O)N2CCCC2)cc1. The summed E-state index contributed by atoms with van der Waals surface area (Å²) in [6.07, 6.45) is 1.64. The second-order valence-electron chi connectivity index (χ2n) is 6.73. The van der Waals surface area contributed by atoms with Gasteiger partial charge >= 0.3 is 6.03 Å². The highest BCUT2D eigenvalue weighted by Gasteiger charge is 2.34. The Morgan fingerprint density at radius 1 is 1.14 bits per heavy atom. The maximum atomic E-state index is 13.2. The number of hydrogen-bond donors (Lipinski definition) is 0. The molecule has 0 aliphatic carbocycles. The van der Waals surface area contributed by atoms with Gasteiger partial charge in [0.15, 0.2) is 0 Å². The zero-order chi connectivity index (χ0) is 20.3. The molecule has 9 heteroatoms. The Hall–Kier alpha value is -2.94. The number of carbonyl (C=O) groups excluding carboxylic acids is 1. The van der Waals surface area contributed by atoms with Gasteiger partial charge in [0, 0.05) is 25.2 Å². The second-order valence-corrected chi connectivity index (χ2v) is 8.59. The first-order valence-electron chi connectivity index (χ1n) is 8.91. The van der Waals surface area contributed by atoms with Crippen LogP contribution in [0.3, 0.4) is 0 Å². The largest absolute Gasteiger partial charge is 0.334 e. The van der Waals surface area contributed by atoms with E-state index in [-0.39, 0.29) is 17.1 Å². The average Bonchev–Trinajstić information content (AvgIpc) is 3.21. The molecule has 28 heavy (non-hydrogen) atoms. The van der Waals surface area contributed by atoms with Crippen LogP contribution >= 0.6 is 0 Å². The summed E-state index contributed by atoms with van der Waals surface area (Å²) in [6.45, 7) is 2.56. The summed E-state index contributed by atoms with van der Waals surface area (Å²) in [5.74, 6) is 0. The predicted molar refractivity (Wildman–Crippen MR) is 103 cm³/mol. The number of non-ortho nitro benzene ring substituents is 1. The van der Waals surface area contributed by atoms with Crippen LogP contribution < -0.4 is 0 Å². The van der Waals surface area contributed by atoms with Crippen LogP contribution in [-0.4, -0.2) is 41.7 Å². The van der Waals surface area contributed by atoms with E-state index >= 15 is 0 Å². The van der Waals surface area contributed by atoms with E-state index in [0.29, 0.717) is 18.7 Å². The summed E-state index contributed by atoms with van der Waals surface area (Å²) in [5, 5.41) is 11.0. The zero-order valence-corrected chi connectivity index (χ0v) is 16.3. The zero-order valence-electron chi connectivity index (χ0n) is 15.4. The third-order valence-electron chi connectivity index (χ3n) is 4.65. The molecule has 1 aliphatic rings. The number of nitro benzene ring substituents is 1. The molecule has 0 radical (unpaired) electrons. The average molecular weight is 403 g/mol. The van der Waals surface area contributed by atoms with Crippen LogP contribution in [0.5, 0.6) is 0 Å². The monoisotopic (exact) mass is 403 g/mol. The molecule has 0 saturated carbocycles. The Morgan fingerprint density at radius 3 is 2.39 bits per heavy atom. The molecule has 0 bridgehead atoms. The van der Waals surface area contributed by atoms with Gasteiger partial charge in [-0.2, -0.15) is 0 Å². The van der Waals surface area contributed by atoms with Crippen molar-refractivity contribution < 1.29 is 18.1 Å². The number of benzene rings is 2. The normalized spacial score (nSPS) is 14.1. The molecule has 1 saturated heterocycles. The number of carbonyl (C=O) groups is 1. The van der Waals surface area contributed by atoms with Crippen molar-refractivity contribution in [2.24, 2.45) is 0 Å². The molecule has 8 nitrogen and oxygen atoms in total. The van der Waals surface area contributed by atoms with Gasteiger partial charge in [-0.1, -0.05) is 29.8 Å². The third kappa shape index (κ3) is 4.14. The molecule has 148 valence electrons. The molecule has 1 fully saturated rings. The molecule has 0 atom stereocenters. The lowest BCUT2D eigenvalue weighted by atomic mass is 10.2. The van der Waals surface area contributed by atoms with Crippen molar-refractivity contribution >= 4 is 21.7 Å². The molecule has 1 aliphatic heterocycles. The summed E-state index contributed by atoms with van der Waals surface area (Å²) in [7, 11) is -4.11. The van der Waals surface area contributed by atoms with Crippen molar-refractivity contribution in [2.45, 2.75) is 31.2 Å². The number of aryl methyl sites for hydroxylation is 1. The van der Waals surface area contributed by atoms with E-state index in [1.165, 1.54) is 35.2 Å². The highest BCUT2D eigenvalue weighted by atomic mass is 32.2. The van der Waals surface area contributed by atoms with Crippen molar-refractivity contribution in [1.82, 2.24) is 9.21 Å². The van der Waals surface area contributed by atoms with Gasteiger partial charge in [-0.15, -0.1) is 0 Å². The van der Waals surface area contributed by atoms with E-state index in [1.807, 2.05) is 6.92 Å². The van der Waals surface area contributed by atoms with Gasteiger partial charge < -0.3 is 4.90 Å². The van der Waals surface area contributed by atoms with Crippen molar-refractivity contribution in [2.75, 3.05) is 13.1 Å². The third-order valence-corrected chi connectivity index (χ3v) is 6.38.